The van der Waals surface area contributed by atoms with Crippen LogP contribution >= 0.6 is 0 Å². The van der Waals surface area contributed by atoms with Crippen LogP contribution < -0.4 is 5.32 Å². The molecule has 0 aliphatic carbocycles. The Morgan fingerprint density at radius 2 is 1.81 bits per heavy atom. The number of anilines is 1. The van der Waals surface area contributed by atoms with Gasteiger partial charge in [-0.1, -0.05) is 6.07 Å². The molecule has 0 radical (unpaired) electrons. The molecule has 36 heavy (non-hydrogen) atoms. The monoisotopic (exact) mass is 490 g/mol. The highest BCUT2D eigenvalue weighted by Crippen LogP contribution is 2.33. The SMILES string of the molecule is Cc1cn(-c2cc(NC(=O)Cc3ccc(-n4cnc5cccnc54)cc3C)cc(C(F)(F)F)c2)cn1. The number of hydrogen-bond donors (Lipinski definition) is 1. The molecule has 7 nitrogen and oxygen atoms in total. The van der Waals surface area contributed by atoms with Crippen LogP contribution in [0.15, 0.2) is 73.6 Å². The van der Waals surface area contributed by atoms with Gasteiger partial charge in [0.05, 0.1) is 24.0 Å². The summed E-state index contributed by atoms with van der Waals surface area (Å²) < 4.78 is 43.9. The summed E-state index contributed by atoms with van der Waals surface area (Å²) in [6, 6.07) is 12.7. The zero-order valence-electron chi connectivity index (χ0n) is 19.4. The molecule has 0 atom stereocenters. The van der Waals surface area contributed by atoms with Gasteiger partial charge in [-0.25, -0.2) is 15.0 Å². The van der Waals surface area contributed by atoms with Crippen molar-refractivity contribution in [1.29, 1.82) is 0 Å². The molecular weight excluding hydrogens is 469 g/mol. The van der Waals surface area contributed by atoms with Crippen molar-refractivity contribution < 1.29 is 18.0 Å². The number of nitrogens with zero attached hydrogens (tertiary/aromatic N) is 5. The lowest BCUT2D eigenvalue weighted by Gasteiger charge is -2.14. The second kappa shape index (κ2) is 8.95. The first-order valence-corrected chi connectivity index (χ1v) is 11.1. The molecule has 3 heterocycles. The van der Waals surface area contributed by atoms with Gasteiger partial charge in [-0.15, -0.1) is 0 Å². The van der Waals surface area contributed by atoms with E-state index in [0.29, 0.717) is 5.69 Å². The summed E-state index contributed by atoms with van der Waals surface area (Å²) in [5.74, 6) is -0.423. The fourth-order valence-corrected chi connectivity index (χ4v) is 4.00. The van der Waals surface area contributed by atoms with Crippen LogP contribution in [0.2, 0.25) is 0 Å². The smallest absolute Gasteiger partial charge is 0.326 e. The number of rotatable bonds is 5. The number of benzene rings is 2. The highest BCUT2D eigenvalue weighted by molar-refractivity contribution is 5.93. The van der Waals surface area contributed by atoms with Crippen molar-refractivity contribution >= 4 is 22.8 Å². The van der Waals surface area contributed by atoms with Crippen LogP contribution in [0.5, 0.6) is 0 Å². The van der Waals surface area contributed by atoms with Crippen LogP contribution in [0.4, 0.5) is 18.9 Å². The van der Waals surface area contributed by atoms with Crippen molar-refractivity contribution in [3.63, 3.8) is 0 Å². The number of fused-ring (bicyclic) bond motifs is 1. The minimum absolute atomic E-state index is 0.00476. The van der Waals surface area contributed by atoms with Gasteiger partial charge in [0.1, 0.15) is 11.8 Å². The van der Waals surface area contributed by atoms with E-state index in [1.807, 2.05) is 41.8 Å². The van der Waals surface area contributed by atoms with E-state index in [2.05, 4.69) is 20.3 Å². The number of carbonyl (C=O) groups excluding carboxylic acids is 1. The van der Waals surface area contributed by atoms with E-state index < -0.39 is 17.6 Å². The molecule has 0 spiro atoms. The third-order valence-electron chi connectivity index (χ3n) is 5.80. The van der Waals surface area contributed by atoms with Crippen molar-refractivity contribution in [3.05, 3.63) is 96.0 Å². The molecule has 0 aliphatic rings. The highest BCUT2D eigenvalue weighted by atomic mass is 19.4. The molecule has 1 N–H and O–H groups in total. The number of carbonyl (C=O) groups is 1. The van der Waals surface area contributed by atoms with E-state index in [1.165, 1.54) is 17.0 Å². The number of pyridine rings is 1. The van der Waals surface area contributed by atoms with E-state index in [9.17, 15) is 18.0 Å². The maximum absolute atomic E-state index is 13.5. The van der Waals surface area contributed by atoms with Crippen molar-refractivity contribution in [2.45, 2.75) is 26.4 Å². The van der Waals surface area contributed by atoms with Crippen molar-refractivity contribution in [2.75, 3.05) is 5.32 Å². The fraction of sp³-hybridized carbons (Fsp3) is 0.154. The third kappa shape index (κ3) is 4.70. The second-order valence-corrected chi connectivity index (χ2v) is 8.49. The number of hydrogen-bond acceptors (Lipinski definition) is 4. The van der Waals surface area contributed by atoms with Crippen molar-refractivity contribution in [1.82, 2.24) is 24.1 Å². The predicted molar refractivity (Wildman–Crippen MR) is 129 cm³/mol. The molecule has 0 saturated heterocycles. The Morgan fingerprint density at radius 1 is 0.972 bits per heavy atom. The largest absolute Gasteiger partial charge is 0.416 e. The fourth-order valence-electron chi connectivity index (χ4n) is 4.00. The Labute approximate surface area is 204 Å². The number of aryl methyl sites for hydroxylation is 2. The molecule has 0 aliphatic heterocycles. The first kappa shape index (κ1) is 23.3. The van der Waals surface area contributed by atoms with E-state index in [1.54, 1.807) is 25.6 Å². The highest BCUT2D eigenvalue weighted by Gasteiger charge is 2.31. The maximum Gasteiger partial charge on any atom is 0.416 e. The average Bonchev–Trinajstić information content (AvgIpc) is 3.46. The number of halogens is 3. The summed E-state index contributed by atoms with van der Waals surface area (Å²) in [4.78, 5) is 25.6. The van der Waals surface area contributed by atoms with Gasteiger partial charge in [-0.3, -0.25) is 9.36 Å². The molecule has 0 unspecified atom stereocenters. The Balaban J connectivity index is 1.38. The van der Waals surface area contributed by atoms with Crippen LogP contribution in [0.25, 0.3) is 22.5 Å². The van der Waals surface area contributed by atoms with E-state index in [4.69, 9.17) is 0 Å². The summed E-state index contributed by atoms with van der Waals surface area (Å²) in [5.41, 5.74) is 4.06. The van der Waals surface area contributed by atoms with Crippen molar-refractivity contribution in [2.24, 2.45) is 0 Å². The minimum atomic E-state index is -4.57. The zero-order valence-corrected chi connectivity index (χ0v) is 19.4. The quantitative estimate of drug-likeness (QED) is 0.357. The minimum Gasteiger partial charge on any atom is -0.326 e. The molecule has 5 aromatic rings. The lowest BCUT2D eigenvalue weighted by molar-refractivity contribution is -0.137. The van der Waals surface area contributed by atoms with Gasteiger partial charge < -0.3 is 9.88 Å². The summed E-state index contributed by atoms with van der Waals surface area (Å²) in [5, 5.41) is 2.62. The van der Waals surface area contributed by atoms with Gasteiger partial charge in [0.2, 0.25) is 5.91 Å². The molecule has 3 aromatic heterocycles. The summed E-state index contributed by atoms with van der Waals surface area (Å²) in [6.07, 6.45) is 1.87. The Bertz CT molecular complexity index is 1580. The van der Waals surface area contributed by atoms with Crippen LogP contribution in [0, 0.1) is 13.8 Å². The number of amides is 1. The van der Waals surface area contributed by atoms with Crippen LogP contribution in [-0.2, 0) is 17.4 Å². The van der Waals surface area contributed by atoms with Crippen LogP contribution in [0.1, 0.15) is 22.4 Å². The van der Waals surface area contributed by atoms with Gasteiger partial charge in [-0.05, 0) is 67.4 Å². The molecule has 1 amide bonds. The van der Waals surface area contributed by atoms with Gasteiger partial charge in [-0.2, -0.15) is 13.2 Å². The molecule has 10 heteroatoms. The van der Waals surface area contributed by atoms with Crippen LogP contribution in [0.3, 0.4) is 0 Å². The number of imidazole rings is 2. The van der Waals surface area contributed by atoms with Gasteiger partial charge >= 0.3 is 6.18 Å². The first-order chi connectivity index (χ1) is 17.2. The molecular formula is C26H21F3N6O. The maximum atomic E-state index is 13.5. The normalized spacial score (nSPS) is 11.7. The Morgan fingerprint density at radius 3 is 2.53 bits per heavy atom. The second-order valence-electron chi connectivity index (χ2n) is 8.49. The molecule has 5 rings (SSSR count). The average molecular weight is 490 g/mol. The lowest BCUT2D eigenvalue weighted by Crippen LogP contribution is -2.16. The summed E-state index contributed by atoms with van der Waals surface area (Å²) in [6.45, 7) is 3.62. The van der Waals surface area contributed by atoms with Crippen molar-refractivity contribution in [3.8, 4) is 11.4 Å². The number of nitrogens with one attached hydrogen (secondary N) is 1. The summed E-state index contributed by atoms with van der Waals surface area (Å²) >= 11 is 0. The van der Waals surface area contributed by atoms with Gasteiger partial charge in [0, 0.05) is 29.5 Å². The molecule has 0 bridgehead atoms. The zero-order chi connectivity index (χ0) is 25.4. The first-order valence-electron chi connectivity index (χ1n) is 11.1. The summed E-state index contributed by atoms with van der Waals surface area (Å²) in [7, 11) is 0. The standard InChI is InChI=1S/C26H21F3N6O/c1-16-8-21(35-15-32-23-4-3-7-30-25(23)35)6-5-18(16)9-24(36)33-20-10-19(26(27,28)29)11-22(12-20)34-13-17(2)31-14-34/h3-8,10-15H,9H2,1-2H3,(H,33,36). The topological polar surface area (TPSA) is 77.6 Å². The third-order valence-corrected chi connectivity index (χ3v) is 5.80. The molecule has 0 saturated carbocycles. The Hall–Kier alpha value is -4.47. The number of alkyl halides is 3. The molecule has 0 fully saturated rings. The van der Waals surface area contributed by atoms with E-state index >= 15 is 0 Å². The van der Waals surface area contributed by atoms with Crippen LogP contribution in [-0.4, -0.2) is 30.0 Å². The Kier molecular flexibility index (Phi) is 5.79. The molecule has 182 valence electrons. The molecule has 2 aromatic carbocycles. The van der Waals surface area contributed by atoms with Gasteiger partial charge in [0.15, 0.2) is 5.65 Å². The van der Waals surface area contributed by atoms with E-state index in [-0.39, 0.29) is 17.8 Å². The lowest BCUT2D eigenvalue weighted by atomic mass is 10.0. The predicted octanol–water partition coefficient (Wildman–Crippen LogP) is 5.42. The number of aromatic nitrogens is 5. The van der Waals surface area contributed by atoms with Gasteiger partial charge in [0.25, 0.3) is 0 Å². The van der Waals surface area contributed by atoms with E-state index in [0.717, 1.165) is 40.1 Å².